The molecule has 2 N–H and O–H groups in total. The molecule has 1 aromatic carbocycles. The Labute approximate surface area is 206 Å². The fourth-order valence-corrected chi connectivity index (χ4v) is 4.35. The van der Waals surface area contributed by atoms with E-state index in [-0.39, 0.29) is 27.7 Å². The lowest BCUT2D eigenvalue weighted by Gasteiger charge is -2.30. The highest BCUT2D eigenvalue weighted by Crippen LogP contribution is 2.29. The Morgan fingerprint density at radius 1 is 1.31 bits per heavy atom. The summed E-state index contributed by atoms with van der Waals surface area (Å²) in [5.74, 6) is -4.98. The van der Waals surface area contributed by atoms with Crippen LogP contribution in [0.1, 0.15) is 10.4 Å². The molecule has 184 valence electrons. The van der Waals surface area contributed by atoms with E-state index in [0.29, 0.717) is 5.39 Å². The predicted octanol–water partition coefficient (Wildman–Crippen LogP) is -1.76. The van der Waals surface area contributed by atoms with E-state index >= 15 is 0 Å². The van der Waals surface area contributed by atoms with Crippen molar-refractivity contribution in [2.45, 2.75) is 11.4 Å². The minimum Gasteiger partial charge on any atom is -0.548 e. The summed E-state index contributed by atoms with van der Waals surface area (Å²) >= 11 is 6.97. The van der Waals surface area contributed by atoms with Gasteiger partial charge in [-0.3, -0.25) is 14.6 Å². The number of ether oxygens (including phenoxy) is 1. The zero-order chi connectivity index (χ0) is 25.9. The quantitative estimate of drug-likeness (QED) is 0.376. The number of hydrogen-bond acceptors (Lipinski definition) is 11. The van der Waals surface area contributed by atoms with E-state index in [4.69, 9.17) is 20.8 Å². The molecule has 0 saturated heterocycles. The summed E-state index contributed by atoms with van der Waals surface area (Å²) < 4.78 is 10.2. The normalized spacial score (nSPS) is 16.2. The number of aliphatic imine (C=N–C) groups is 1. The van der Waals surface area contributed by atoms with Gasteiger partial charge < -0.3 is 39.6 Å². The molecule has 3 rings (SSSR count). The number of aliphatic carboxylic acids is 2. The third-order valence-corrected chi connectivity index (χ3v) is 6.26. The van der Waals surface area contributed by atoms with E-state index in [0.717, 1.165) is 11.8 Å². The average molecular weight is 522 g/mol. The smallest absolute Gasteiger partial charge is 0.349 e. The summed E-state index contributed by atoms with van der Waals surface area (Å²) in [6.07, 6.45) is 0. The summed E-state index contributed by atoms with van der Waals surface area (Å²) in [4.78, 5) is 63.4. The lowest BCUT2D eigenvalue weighted by molar-refractivity contribution is -0.308. The Hall–Kier alpha value is -3.84. The average Bonchev–Trinajstić information content (AvgIpc) is 2.80. The number of amides is 2. The summed E-state index contributed by atoms with van der Waals surface area (Å²) in [7, 11) is 1.38. The van der Waals surface area contributed by atoms with Crippen molar-refractivity contribution in [2.75, 3.05) is 19.4 Å². The maximum Gasteiger partial charge on any atom is 0.349 e. The van der Waals surface area contributed by atoms with Crippen LogP contribution in [0.5, 0.6) is 5.75 Å². The van der Waals surface area contributed by atoms with Crippen LogP contribution in [0, 0.1) is 0 Å². The van der Waals surface area contributed by atoms with Crippen LogP contribution in [0.15, 0.2) is 44.6 Å². The minimum atomic E-state index is -1.72. The van der Waals surface area contributed by atoms with Gasteiger partial charge in [-0.25, -0.2) is 4.79 Å². The maximum absolute atomic E-state index is 12.5. The van der Waals surface area contributed by atoms with Crippen LogP contribution >= 0.6 is 23.4 Å². The predicted molar refractivity (Wildman–Crippen MR) is 121 cm³/mol. The van der Waals surface area contributed by atoms with Crippen molar-refractivity contribution in [3.63, 3.8) is 0 Å². The van der Waals surface area contributed by atoms with Gasteiger partial charge in [-0.05, 0) is 17.7 Å². The first kappa shape index (κ1) is 25.8. The Morgan fingerprint density at radius 2 is 2.03 bits per heavy atom. The molecule has 2 unspecified atom stereocenters. The molecule has 0 saturated carbocycles. The lowest BCUT2D eigenvalue weighted by Crippen LogP contribution is -2.55. The zero-order valence-electron chi connectivity index (χ0n) is 17.9. The van der Waals surface area contributed by atoms with Crippen molar-refractivity contribution in [2.24, 2.45) is 4.99 Å². The molecule has 0 radical (unpaired) electrons. The molecule has 0 fully saturated rings. The molecule has 1 aliphatic rings. The van der Waals surface area contributed by atoms with Gasteiger partial charge in [0.1, 0.15) is 28.3 Å². The number of rotatable bonds is 8. The van der Waals surface area contributed by atoms with E-state index < -0.39 is 58.6 Å². The fraction of sp³-hybridized carbons (Fsp3) is 0.238. The van der Waals surface area contributed by atoms with Crippen LogP contribution < -0.4 is 31.2 Å². The third-order valence-electron chi connectivity index (χ3n) is 4.73. The van der Waals surface area contributed by atoms with Gasteiger partial charge in [0.25, 0.3) is 5.91 Å². The largest absolute Gasteiger partial charge is 0.548 e. The molecule has 2 atom stereocenters. The molecule has 2 heterocycles. The van der Waals surface area contributed by atoms with Crippen LogP contribution in [0.25, 0.3) is 11.0 Å². The zero-order valence-corrected chi connectivity index (χ0v) is 19.5. The fourth-order valence-electron chi connectivity index (χ4n) is 3.04. The summed E-state index contributed by atoms with van der Waals surface area (Å²) in [5.41, 5.74) is -1.67. The summed E-state index contributed by atoms with van der Waals surface area (Å²) in [6, 6.07) is 2.30. The molecule has 0 spiro atoms. The van der Waals surface area contributed by atoms with Crippen molar-refractivity contribution in [3.05, 3.63) is 51.4 Å². The molecule has 0 aliphatic carbocycles. The number of benzene rings is 1. The topological polar surface area (TPSA) is 190 Å². The van der Waals surface area contributed by atoms with Crippen LogP contribution in [-0.2, 0) is 14.4 Å². The number of nitrogens with zero attached hydrogens (tertiary/aromatic N) is 1. The molecular weight excluding hydrogens is 506 g/mol. The first-order valence-corrected chi connectivity index (χ1v) is 11.1. The number of hydrogen-bond donors (Lipinski definition) is 2. The van der Waals surface area contributed by atoms with Crippen LogP contribution in [0.4, 0.5) is 0 Å². The second kappa shape index (κ2) is 10.6. The van der Waals surface area contributed by atoms with E-state index in [1.165, 1.54) is 25.3 Å². The van der Waals surface area contributed by atoms with Gasteiger partial charge in [0.15, 0.2) is 0 Å². The van der Waals surface area contributed by atoms with Gasteiger partial charge in [-0.15, -0.1) is 11.8 Å². The minimum absolute atomic E-state index is 0.0432. The number of halogens is 1. The van der Waals surface area contributed by atoms with Crippen molar-refractivity contribution in [3.8, 4) is 5.75 Å². The second-order valence-electron chi connectivity index (χ2n) is 7.09. The molecule has 0 bridgehead atoms. The number of fused-ring (bicyclic) bond motifs is 1. The number of methoxy groups -OCH3 is 1. The van der Waals surface area contributed by atoms with Gasteiger partial charge in [0.05, 0.1) is 36.3 Å². The van der Waals surface area contributed by atoms with Gasteiger partial charge in [-0.2, -0.15) is 0 Å². The number of carbonyl (C=O) groups is 4. The van der Waals surface area contributed by atoms with E-state index in [1.54, 1.807) is 0 Å². The molecule has 2 amide bonds. The maximum atomic E-state index is 12.5. The highest BCUT2D eigenvalue weighted by atomic mass is 35.5. The summed E-state index contributed by atoms with van der Waals surface area (Å²) in [6.45, 7) is 2.80. The standard InChI is InChI=1S/C21H18ClN3O9S/c1-8-7-35-18(25-15(8)19(28)29)16(20(30)31)24-14(26)6-23-17(27)10-3-9-4-11(22)13(33-2)5-12(9)34-21(10)32/h3-5,16,18H,1,6-7H2,2H3,(H,23,27)(H,24,26)(H,28,29)(H,30,31)/p-2. The molecule has 1 aliphatic heterocycles. The summed E-state index contributed by atoms with van der Waals surface area (Å²) in [5, 5.41) is 26.3. The van der Waals surface area contributed by atoms with Gasteiger partial charge in [-0.1, -0.05) is 18.2 Å². The first-order chi connectivity index (χ1) is 16.5. The number of carboxylic acids is 2. The van der Waals surface area contributed by atoms with Crippen LogP contribution in [0.3, 0.4) is 0 Å². The van der Waals surface area contributed by atoms with Crippen LogP contribution in [0.2, 0.25) is 5.02 Å². The highest BCUT2D eigenvalue weighted by Gasteiger charge is 2.29. The third kappa shape index (κ3) is 5.81. The van der Waals surface area contributed by atoms with Gasteiger partial charge in [0.2, 0.25) is 5.91 Å². The van der Waals surface area contributed by atoms with Crippen molar-refractivity contribution in [1.29, 1.82) is 0 Å². The SMILES string of the molecule is C=C1CSC(C(NC(=O)CNC(=O)c2cc3cc(Cl)c(OC)cc3oc2=O)C(=O)[O-])N=C1C(=O)[O-]. The van der Waals surface area contributed by atoms with Crippen molar-refractivity contribution >= 4 is 63.8 Å². The molecule has 12 nitrogen and oxygen atoms in total. The van der Waals surface area contributed by atoms with Gasteiger partial charge >= 0.3 is 5.63 Å². The molecule has 2 aromatic rings. The number of carboxylic acid groups (broad SMARTS) is 2. The van der Waals surface area contributed by atoms with Crippen molar-refractivity contribution in [1.82, 2.24) is 10.6 Å². The molecule has 1 aromatic heterocycles. The van der Waals surface area contributed by atoms with Crippen molar-refractivity contribution < 1.29 is 38.5 Å². The number of carbonyl (C=O) groups excluding carboxylic acids is 4. The molecule has 14 heteroatoms. The number of thioether (sulfide) groups is 1. The second-order valence-corrected chi connectivity index (χ2v) is 8.60. The van der Waals surface area contributed by atoms with Gasteiger partial charge in [0, 0.05) is 17.2 Å². The van der Waals surface area contributed by atoms with Crippen LogP contribution in [-0.4, -0.2) is 60.3 Å². The Balaban J connectivity index is 1.71. The van der Waals surface area contributed by atoms with E-state index in [9.17, 15) is 34.2 Å². The Bertz CT molecular complexity index is 1340. The first-order valence-electron chi connectivity index (χ1n) is 9.70. The molecular formula is C21H16ClN3O9S-2. The number of nitrogens with one attached hydrogen (secondary N) is 2. The van der Waals surface area contributed by atoms with E-state index in [2.05, 4.69) is 22.2 Å². The Morgan fingerprint density at radius 3 is 2.66 bits per heavy atom. The Kier molecular flexibility index (Phi) is 7.82. The monoisotopic (exact) mass is 521 g/mol. The highest BCUT2D eigenvalue weighted by molar-refractivity contribution is 8.00. The lowest BCUT2D eigenvalue weighted by atomic mass is 10.1. The van der Waals surface area contributed by atoms with E-state index in [1.807, 2.05) is 0 Å². The molecule has 35 heavy (non-hydrogen) atoms.